The molecule has 0 bridgehead atoms. The van der Waals surface area contributed by atoms with Gasteiger partial charge in [-0.05, 0) is 66.3 Å². The Morgan fingerprint density at radius 1 is 1.21 bits per heavy atom. The summed E-state index contributed by atoms with van der Waals surface area (Å²) in [4.78, 5) is 14.7. The number of hydrogen-bond donors (Lipinski definition) is 1. The molecule has 0 aromatic heterocycles. The van der Waals surface area contributed by atoms with Gasteiger partial charge in [0.2, 0.25) is 0 Å². The van der Waals surface area contributed by atoms with Gasteiger partial charge < -0.3 is 14.7 Å². The molecule has 0 radical (unpaired) electrons. The molecule has 5 nitrogen and oxygen atoms in total. The van der Waals surface area contributed by atoms with Gasteiger partial charge in [0.25, 0.3) is 5.91 Å². The van der Waals surface area contributed by atoms with Crippen molar-refractivity contribution < 1.29 is 14.6 Å². The van der Waals surface area contributed by atoms with Crippen LogP contribution < -0.4 is 0 Å². The van der Waals surface area contributed by atoms with Crippen molar-refractivity contribution in [2.75, 3.05) is 6.61 Å². The number of allylic oxidation sites excluding steroid dienone is 1. The Morgan fingerprint density at radius 2 is 1.96 bits per heavy atom. The third-order valence-corrected chi connectivity index (χ3v) is 5.57. The molecule has 2 aliphatic heterocycles. The highest BCUT2D eigenvalue weighted by Crippen LogP contribution is 2.34. The molecule has 0 saturated carbocycles. The number of carbonyl (C=O) groups excluding carboxylic acids is 1. The van der Waals surface area contributed by atoms with E-state index < -0.39 is 0 Å². The Morgan fingerprint density at radius 3 is 2.64 bits per heavy atom. The Balaban J connectivity index is 1.69. The first-order chi connectivity index (χ1) is 13.5. The molecule has 140 valence electrons. The van der Waals surface area contributed by atoms with Gasteiger partial charge >= 0.3 is 0 Å². The lowest BCUT2D eigenvalue weighted by Gasteiger charge is -2.22. The number of nitriles is 1. The Kier molecular flexibility index (Phi) is 4.40. The minimum absolute atomic E-state index is 0.0691. The number of aliphatic hydroxyl groups excluding tert-OH is 1. The van der Waals surface area contributed by atoms with Gasteiger partial charge in [0.05, 0.1) is 24.4 Å². The van der Waals surface area contributed by atoms with E-state index in [1.165, 1.54) is 12.3 Å². The van der Waals surface area contributed by atoms with E-state index in [9.17, 15) is 9.90 Å². The SMILES string of the molecule is Cc1c(Cc2ccc(C#N)cc2)cc2c(c1C)CN(C1=C(O)C=COC1)C2=O. The third-order valence-electron chi connectivity index (χ3n) is 5.57. The first-order valence-electron chi connectivity index (χ1n) is 9.12. The number of hydrogen-bond acceptors (Lipinski definition) is 4. The largest absolute Gasteiger partial charge is 0.506 e. The van der Waals surface area contributed by atoms with Crippen LogP contribution in [0.3, 0.4) is 0 Å². The molecule has 1 amide bonds. The molecule has 0 saturated heterocycles. The number of carbonyl (C=O) groups is 1. The summed E-state index contributed by atoms with van der Waals surface area (Å²) in [6.45, 7) is 4.73. The predicted molar refractivity (Wildman–Crippen MR) is 104 cm³/mol. The quantitative estimate of drug-likeness (QED) is 0.883. The lowest BCUT2D eigenvalue weighted by molar-refractivity contribution is 0.0789. The number of ether oxygens (including phenoxy) is 1. The normalized spacial score (nSPS) is 15.5. The minimum Gasteiger partial charge on any atom is -0.506 e. The molecule has 2 aromatic carbocycles. The van der Waals surface area contributed by atoms with Gasteiger partial charge in [-0.25, -0.2) is 0 Å². The van der Waals surface area contributed by atoms with E-state index in [1.54, 1.807) is 4.90 Å². The average Bonchev–Trinajstić information content (AvgIpc) is 3.03. The standard InChI is InChI=1S/C23H20N2O3/c1-14-15(2)20-12-25(21-13-28-8-7-22(21)26)23(27)19(20)10-18(14)9-16-3-5-17(11-24)6-4-16/h3-8,10,26H,9,12-13H2,1-2H3. The van der Waals surface area contributed by atoms with Crippen LogP contribution >= 0.6 is 0 Å². The molecule has 4 rings (SSSR count). The Labute approximate surface area is 163 Å². The van der Waals surface area contributed by atoms with Gasteiger partial charge in [-0.1, -0.05) is 12.1 Å². The second kappa shape index (κ2) is 6.90. The zero-order valence-corrected chi connectivity index (χ0v) is 15.8. The van der Waals surface area contributed by atoms with E-state index in [2.05, 4.69) is 13.0 Å². The fraction of sp³-hybridized carbons (Fsp3) is 0.217. The second-order valence-corrected chi connectivity index (χ2v) is 7.13. The highest BCUT2D eigenvalue weighted by Gasteiger charge is 2.34. The van der Waals surface area contributed by atoms with Crippen LogP contribution in [-0.2, 0) is 17.7 Å². The van der Waals surface area contributed by atoms with Gasteiger partial charge in [0.1, 0.15) is 18.1 Å². The molecule has 28 heavy (non-hydrogen) atoms. The van der Waals surface area contributed by atoms with Gasteiger partial charge in [-0.3, -0.25) is 4.79 Å². The molecule has 2 aliphatic rings. The van der Waals surface area contributed by atoms with Crippen LogP contribution in [0.4, 0.5) is 0 Å². The summed E-state index contributed by atoms with van der Waals surface area (Å²) in [5, 5.41) is 19.1. The Bertz CT molecular complexity index is 1070. The summed E-state index contributed by atoms with van der Waals surface area (Å²) in [5.74, 6) is -0.0424. The number of nitrogens with zero attached hydrogens (tertiary/aromatic N) is 2. The zero-order chi connectivity index (χ0) is 19.8. The van der Waals surface area contributed by atoms with E-state index in [-0.39, 0.29) is 18.3 Å². The molecule has 5 heteroatoms. The van der Waals surface area contributed by atoms with Crippen molar-refractivity contribution in [1.29, 1.82) is 5.26 Å². The van der Waals surface area contributed by atoms with E-state index in [4.69, 9.17) is 10.00 Å². The van der Waals surface area contributed by atoms with Gasteiger partial charge in [0, 0.05) is 11.6 Å². The number of rotatable bonds is 3. The molecular weight excluding hydrogens is 352 g/mol. The monoisotopic (exact) mass is 372 g/mol. The van der Waals surface area contributed by atoms with Crippen LogP contribution in [0.2, 0.25) is 0 Å². The van der Waals surface area contributed by atoms with Crippen LogP contribution in [0.5, 0.6) is 0 Å². The summed E-state index contributed by atoms with van der Waals surface area (Å²) in [7, 11) is 0. The van der Waals surface area contributed by atoms with E-state index in [0.717, 1.165) is 27.8 Å². The van der Waals surface area contributed by atoms with Gasteiger partial charge in [-0.15, -0.1) is 0 Å². The highest BCUT2D eigenvalue weighted by atomic mass is 16.5. The fourth-order valence-corrected chi connectivity index (χ4v) is 3.75. The fourth-order valence-electron chi connectivity index (χ4n) is 3.75. The van der Waals surface area contributed by atoms with Crippen molar-refractivity contribution in [3.05, 3.63) is 93.1 Å². The molecule has 0 unspecified atom stereocenters. The van der Waals surface area contributed by atoms with E-state index >= 15 is 0 Å². The topological polar surface area (TPSA) is 73.6 Å². The Hall–Kier alpha value is -3.52. The summed E-state index contributed by atoms with van der Waals surface area (Å²) >= 11 is 0. The maximum atomic E-state index is 13.1. The highest BCUT2D eigenvalue weighted by molar-refractivity contribution is 6.00. The second-order valence-electron chi connectivity index (χ2n) is 7.13. The summed E-state index contributed by atoms with van der Waals surface area (Å²) < 4.78 is 5.27. The maximum absolute atomic E-state index is 13.1. The molecule has 0 atom stereocenters. The molecule has 0 fully saturated rings. The lowest BCUT2D eigenvalue weighted by atomic mass is 9.91. The molecule has 0 aliphatic carbocycles. The number of benzene rings is 2. The summed E-state index contributed by atoms with van der Waals surface area (Å²) in [5.41, 5.74) is 7.26. The number of aliphatic hydroxyl groups is 1. The smallest absolute Gasteiger partial charge is 0.258 e. The number of amides is 1. The van der Waals surface area contributed by atoms with Crippen LogP contribution in [0.15, 0.2) is 54.1 Å². The average molecular weight is 372 g/mol. The molecular formula is C23H20N2O3. The van der Waals surface area contributed by atoms with Crippen molar-refractivity contribution in [3.63, 3.8) is 0 Å². The lowest BCUT2D eigenvalue weighted by Crippen LogP contribution is -2.28. The van der Waals surface area contributed by atoms with Crippen molar-refractivity contribution in [2.24, 2.45) is 0 Å². The first kappa shape index (κ1) is 17.9. The van der Waals surface area contributed by atoms with E-state index in [0.29, 0.717) is 29.8 Å². The molecule has 2 aromatic rings. The van der Waals surface area contributed by atoms with Crippen LogP contribution in [-0.4, -0.2) is 22.5 Å². The minimum atomic E-state index is -0.111. The van der Waals surface area contributed by atoms with Crippen LogP contribution in [0, 0.1) is 25.2 Å². The van der Waals surface area contributed by atoms with Crippen molar-refractivity contribution in [2.45, 2.75) is 26.8 Å². The zero-order valence-electron chi connectivity index (χ0n) is 15.8. The van der Waals surface area contributed by atoms with Crippen LogP contribution in [0.1, 0.15) is 43.7 Å². The summed E-state index contributed by atoms with van der Waals surface area (Å²) in [6.07, 6.45) is 3.58. The van der Waals surface area contributed by atoms with E-state index in [1.807, 2.05) is 37.3 Å². The predicted octanol–water partition coefficient (Wildman–Crippen LogP) is 4.04. The summed E-state index contributed by atoms with van der Waals surface area (Å²) in [6, 6.07) is 11.6. The van der Waals surface area contributed by atoms with Gasteiger partial charge in [-0.2, -0.15) is 5.26 Å². The molecule has 1 N–H and O–H groups in total. The van der Waals surface area contributed by atoms with Crippen molar-refractivity contribution in [1.82, 2.24) is 4.90 Å². The third kappa shape index (κ3) is 2.93. The van der Waals surface area contributed by atoms with Crippen molar-refractivity contribution >= 4 is 5.91 Å². The maximum Gasteiger partial charge on any atom is 0.258 e. The number of fused-ring (bicyclic) bond motifs is 1. The first-order valence-corrected chi connectivity index (χ1v) is 9.12. The molecule has 2 heterocycles. The van der Waals surface area contributed by atoms with Crippen molar-refractivity contribution in [3.8, 4) is 6.07 Å². The molecule has 0 spiro atoms. The van der Waals surface area contributed by atoms with Gasteiger partial charge in [0.15, 0.2) is 0 Å². The van der Waals surface area contributed by atoms with Crippen LogP contribution in [0.25, 0.3) is 0 Å².